The fourth-order valence-corrected chi connectivity index (χ4v) is 7.02. The lowest BCUT2D eigenvalue weighted by Crippen LogP contribution is -2.53. The molecule has 2 aromatic heterocycles. The molecule has 1 aliphatic heterocycles. The molecular formula is C35H44F3N7O5. The summed E-state index contributed by atoms with van der Waals surface area (Å²) in [6, 6.07) is 6.67. The van der Waals surface area contributed by atoms with Gasteiger partial charge in [-0.25, -0.2) is 9.78 Å². The molecule has 270 valence electrons. The standard InChI is InChI=1S/C35H44F3N7O5/c1-34(2,3)50-33(49)44-13-11-43(12-14-44)24-7-9-25(10-8-24)45-19-22-17-29(41-32(48)27-5-4-6-30(40-27)35(36,37)38)26(18-28(22)42-45)31(47)39-23-15-21(16-23)20-46/h4-6,17-19,21,23-25,46H,7-16,20H2,1-3H3,(H,39,47)(H,41,48). The number of carbonyl (C=O) groups is 3. The third-order valence-corrected chi connectivity index (χ3v) is 9.78. The molecule has 2 saturated carbocycles. The average Bonchev–Trinajstić information content (AvgIpc) is 3.48. The third kappa shape index (κ3) is 8.20. The summed E-state index contributed by atoms with van der Waals surface area (Å²) in [5.41, 5.74) is -1.35. The summed E-state index contributed by atoms with van der Waals surface area (Å²) in [4.78, 5) is 46.8. The highest BCUT2D eigenvalue weighted by atomic mass is 19.4. The zero-order valence-electron chi connectivity index (χ0n) is 28.5. The SMILES string of the molecule is CC(C)(C)OC(=O)N1CCN(C2CCC(n3cc4cc(NC(=O)c5cccc(C(F)(F)F)n5)c(C(=O)NC5CC(CO)C5)cc4n3)CC2)CC1. The summed E-state index contributed by atoms with van der Waals surface area (Å²) in [6.45, 7) is 8.45. The van der Waals surface area contributed by atoms with Crippen LogP contribution in [0.25, 0.3) is 10.9 Å². The van der Waals surface area contributed by atoms with Gasteiger partial charge in [0, 0.05) is 56.5 Å². The lowest BCUT2D eigenvalue weighted by Gasteiger charge is -2.42. The van der Waals surface area contributed by atoms with E-state index in [0.717, 1.165) is 50.9 Å². The highest BCUT2D eigenvalue weighted by Gasteiger charge is 2.35. The van der Waals surface area contributed by atoms with Gasteiger partial charge in [0.05, 0.1) is 22.8 Å². The van der Waals surface area contributed by atoms with E-state index in [2.05, 4.69) is 20.5 Å². The maximum atomic E-state index is 13.5. The number of aliphatic hydroxyl groups is 1. The molecule has 3 amide bonds. The van der Waals surface area contributed by atoms with Gasteiger partial charge >= 0.3 is 12.3 Å². The molecule has 6 rings (SSSR count). The van der Waals surface area contributed by atoms with Crippen LogP contribution in [-0.2, 0) is 10.9 Å². The number of pyridine rings is 1. The zero-order chi connectivity index (χ0) is 35.8. The molecule has 1 saturated heterocycles. The van der Waals surface area contributed by atoms with Crippen molar-refractivity contribution in [3.8, 4) is 0 Å². The number of hydrogen-bond donors (Lipinski definition) is 3. The van der Waals surface area contributed by atoms with E-state index in [1.807, 2.05) is 31.6 Å². The van der Waals surface area contributed by atoms with Crippen molar-refractivity contribution < 1.29 is 37.4 Å². The van der Waals surface area contributed by atoms with Crippen LogP contribution in [0.2, 0.25) is 0 Å². The number of anilines is 1. The van der Waals surface area contributed by atoms with Crippen LogP contribution in [-0.4, -0.2) is 98.0 Å². The predicted octanol–water partition coefficient (Wildman–Crippen LogP) is 5.24. The topological polar surface area (TPSA) is 142 Å². The van der Waals surface area contributed by atoms with E-state index in [4.69, 9.17) is 9.84 Å². The second-order valence-electron chi connectivity index (χ2n) is 14.6. The monoisotopic (exact) mass is 699 g/mol. The van der Waals surface area contributed by atoms with Gasteiger partial charge in [-0.15, -0.1) is 0 Å². The number of nitrogens with zero attached hydrogens (tertiary/aromatic N) is 5. The summed E-state index contributed by atoms with van der Waals surface area (Å²) in [5, 5.41) is 20.4. The van der Waals surface area contributed by atoms with Crippen LogP contribution in [0.1, 0.15) is 91.9 Å². The van der Waals surface area contributed by atoms with Gasteiger partial charge in [0.25, 0.3) is 11.8 Å². The number of fused-ring (bicyclic) bond motifs is 1. The van der Waals surface area contributed by atoms with Crippen molar-refractivity contribution in [3.63, 3.8) is 0 Å². The lowest BCUT2D eigenvalue weighted by molar-refractivity contribution is -0.141. The molecule has 3 N–H and O–H groups in total. The van der Waals surface area contributed by atoms with Gasteiger partial charge < -0.3 is 25.4 Å². The minimum absolute atomic E-state index is 0.0354. The summed E-state index contributed by atoms with van der Waals surface area (Å²) in [5.74, 6) is -1.23. The van der Waals surface area contributed by atoms with Crippen LogP contribution in [0.4, 0.5) is 23.7 Å². The number of rotatable bonds is 7. The molecule has 0 radical (unpaired) electrons. The number of ether oxygens (including phenoxy) is 1. The van der Waals surface area contributed by atoms with E-state index >= 15 is 0 Å². The Morgan fingerprint density at radius 1 is 0.960 bits per heavy atom. The average molecular weight is 700 g/mol. The quantitative estimate of drug-likeness (QED) is 0.304. The second-order valence-corrected chi connectivity index (χ2v) is 14.6. The zero-order valence-corrected chi connectivity index (χ0v) is 28.5. The van der Waals surface area contributed by atoms with Gasteiger partial charge in [-0.3, -0.25) is 19.2 Å². The molecule has 0 spiro atoms. The minimum Gasteiger partial charge on any atom is -0.444 e. The van der Waals surface area contributed by atoms with Crippen LogP contribution in [0.15, 0.2) is 36.5 Å². The molecule has 0 atom stereocenters. The number of alkyl halides is 3. The first-order valence-electron chi connectivity index (χ1n) is 17.2. The number of aromatic nitrogens is 3. The molecular weight excluding hydrogens is 655 g/mol. The normalized spacial score (nSPS) is 23.3. The Hall–Kier alpha value is -4.24. The van der Waals surface area contributed by atoms with Gasteiger partial charge in [0.1, 0.15) is 17.0 Å². The van der Waals surface area contributed by atoms with Gasteiger partial charge in [-0.2, -0.15) is 18.3 Å². The molecule has 3 fully saturated rings. The second kappa shape index (κ2) is 14.2. The molecule has 1 aromatic carbocycles. The smallest absolute Gasteiger partial charge is 0.433 e. The van der Waals surface area contributed by atoms with Gasteiger partial charge in [0.2, 0.25) is 0 Å². The molecule has 12 nitrogen and oxygen atoms in total. The van der Waals surface area contributed by atoms with E-state index in [1.54, 1.807) is 17.0 Å². The van der Waals surface area contributed by atoms with E-state index < -0.39 is 35.0 Å². The summed E-state index contributed by atoms with van der Waals surface area (Å²) >= 11 is 0. The fraction of sp³-hybridized carbons (Fsp3) is 0.571. The molecule has 3 aliphatic rings. The highest BCUT2D eigenvalue weighted by Crippen LogP contribution is 2.34. The Bertz CT molecular complexity index is 1720. The van der Waals surface area contributed by atoms with Crippen LogP contribution < -0.4 is 10.6 Å². The number of carbonyl (C=O) groups excluding carboxylic acids is 3. The number of amides is 3. The first-order valence-corrected chi connectivity index (χ1v) is 17.2. The Labute approximate surface area is 288 Å². The number of hydrogen-bond acceptors (Lipinski definition) is 8. The lowest BCUT2D eigenvalue weighted by atomic mass is 9.81. The maximum absolute atomic E-state index is 13.5. The number of benzene rings is 1. The van der Waals surface area contributed by atoms with Crippen molar-refractivity contribution in [2.24, 2.45) is 5.92 Å². The van der Waals surface area contributed by atoms with Crippen LogP contribution in [0.3, 0.4) is 0 Å². The number of halogens is 3. The van der Waals surface area contributed by atoms with Crippen molar-refractivity contribution in [1.82, 2.24) is 29.9 Å². The number of aliphatic hydroxyl groups excluding tert-OH is 1. The van der Waals surface area contributed by atoms with Gasteiger partial charge in [0.15, 0.2) is 0 Å². The highest BCUT2D eigenvalue weighted by molar-refractivity contribution is 6.10. The van der Waals surface area contributed by atoms with E-state index in [1.165, 1.54) is 6.07 Å². The Balaban J connectivity index is 1.15. The van der Waals surface area contributed by atoms with Crippen molar-refractivity contribution in [3.05, 3.63) is 53.5 Å². The molecule has 3 aromatic rings. The van der Waals surface area contributed by atoms with Crippen LogP contribution in [0, 0.1) is 5.92 Å². The molecule has 50 heavy (non-hydrogen) atoms. The van der Waals surface area contributed by atoms with Crippen molar-refractivity contribution in [1.29, 1.82) is 0 Å². The predicted molar refractivity (Wildman–Crippen MR) is 179 cm³/mol. The largest absolute Gasteiger partial charge is 0.444 e. The van der Waals surface area contributed by atoms with E-state index in [-0.39, 0.29) is 42.0 Å². The Morgan fingerprint density at radius 3 is 2.28 bits per heavy atom. The molecule has 3 heterocycles. The van der Waals surface area contributed by atoms with Gasteiger partial charge in [-0.1, -0.05) is 6.07 Å². The first kappa shape index (κ1) is 35.6. The summed E-state index contributed by atoms with van der Waals surface area (Å²) in [7, 11) is 0. The van der Waals surface area contributed by atoms with Crippen LogP contribution in [0.5, 0.6) is 0 Å². The van der Waals surface area contributed by atoms with Gasteiger partial charge in [-0.05, 0) is 89.5 Å². The minimum atomic E-state index is -4.72. The Morgan fingerprint density at radius 2 is 1.64 bits per heavy atom. The fourth-order valence-electron chi connectivity index (χ4n) is 7.02. The molecule has 2 aliphatic carbocycles. The maximum Gasteiger partial charge on any atom is 0.433 e. The molecule has 0 unspecified atom stereocenters. The summed E-state index contributed by atoms with van der Waals surface area (Å²) < 4.78 is 47.3. The molecule has 15 heteroatoms. The summed E-state index contributed by atoms with van der Waals surface area (Å²) in [6.07, 6.45) is 1.81. The molecule has 0 bridgehead atoms. The van der Waals surface area contributed by atoms with Crippen molar-refractivity contribution >= 4 is 34.5 Å². The van der Waals surface area contributed by atoms with E-state index in [9.17, 15) is 32.7 Å². The first-order chi connectivity index (χ1) is 23.7. The van der Waals surface area contributed by atoms with Crippen LogP contribution >= 0.6 is 0 Å². The van der Waals surface area contributed by atoms with E-state index in [0.29, 0.717) is 42.9 Å². The number of nitrogens with one attached hydrogen (secondary N) is 2. The third-order valence-electron chi connectivity index (χ3n) is 9.78. The Kier molecular flexibility index (Phi) is 10.1. The number of piperazine rings is 1. The van der Waals surface area contributed by atoms with Crippen molar-refractivity contribution in [2.45, 2.75) is 89.2 Å². The van der Waals surface area contributed by atoms with Crippen molar-refractivity contribution in [2.75, 3.05) is 38.1 Å².